The number of hydrogen-bond acceptors (Lipinski definition) is 4. The van der Waals surface area contributed by atoms with Crippen molar-refractivity contribution in [1.82, 2.24) is 5.32 Å². The number of hydrogen-bond donors (Lipinski definition) is 1. The van der Waals surface area contributed by atoms with Crippen molar-refractivity contribution in [2.45, 2.75) is 12.5 Å². The van der Waals surface area contributed by atoms with Gasteiger partial charge in [-0.05, 0) is 35.9 Å². The predicted octanol–water partition coefficient (Wildman–Crippen LogP) is 4.91. The van der Waals surface area contributed by atoms with E-state index in [1.807, 2.05) is 36.3 Å². The fourth-order valence-electron chi connectivity index (χ4n) is 2.64. The molecule has 128 valence electrons. The molecule has 0 radical (unpaired) electrons. The van der Waals surface area contributed by atoms with E-state index >= 15 is 0 Å². The monoisotopic (exact) mass is 385 g/mol. The van der Waals surface area contributed by atoms with Gasteiger partial charge >= 0.3 is 0 Å². The Labute approximate surface area is 157 Å². The van der Waals surface area contributed by atoms with Crippen molar-refractivity contribution in [3.05, 3.63) is 58.1 Å². The summed E-state index contributed by atoms with van der Waals surface area (Å²) < 4.78 is 5.23. The highest BCUT2D eigenvalue weighted by molar-refractivity contribution is 6.36. The largest absolute Gasteiger partial charge is 0.497 e. The van der Waals surface area contributed by atoms with Crippen LogP contribution >= 0.6 is 35.6 Å². The maximum atomic E-state index is 6.37. The van der Waals surface area contributed by atoms with Crippen molar-refractivity contribution in [2.75, 3.05) is 19.2 Å². The Morgan fingerprint density at radius 2 is 1.88 bits per heavy atom. The zero-order chi connectivity index (χ0) is 16.4. The number of nitrogens with one attached hydrogen (secondary N) is 1. The van der Waals surface area contributed by atoms with E-state index in [0.29, 0.717) is 10.0 Å². The first-order chi connectivity index (χ1) is 11.1. The van der Waals surface area contributed by atoms with Crippen LogP contribution in [0.3, 0.4) is 0 Å². The molecule has 1 unspecified atom stereocenters. The number of nitrogens with zero attached hydrogens (tertiary/aromatic N) is 2. The van der Waals surface area contributed by atoms with Gasteiger partial charge in [-0.2, -0.15) is 5.10 Å². The molecule has 1 atom stereocenters. The Kier molecular flexibility index (Phi) is 6.21. The number of hydrazone groups is 1. The van der Waals surface area contributed by atoms with Gasteiger partial charge in [0.15, 0.2) is 0 Å². The molecule has 1 N–H and O–H groups in total. The Morgan fingerprint density at radius 1 is 1.17 bits per heavy atom. The maximum absolute atomic E-state index is 6.37. The third-order valence-corrected chi connectivity index (χ3v) is 4.39. The molecule has 0 aliphatic carbocycles. The molecule has 0 amide bonds. The van der Waals surface area contributed by atoms with E-state index in [2.05, 4.69) is 22.6 Å². The summed E-state index contributed by atoms with van der Waals surface area (Å²) in [6.45, 7) is 0. The molecule has 0 saturated carbocycles. The molecule has 1 heterocycles. The number of methoxy groups -OCH3 is 1. The van der Waals surface area contributed by atoms with Gasteiger partial charge in [0.1, 0.15) is 11.6 Å². The van der Waals surface area contributed by atoms with Crippen molar-refractivity contribution >= 4 is 47.1 Å². The summed E-state index contributed by atoms with van der Waals surface area (Å²) in [5, 5.41) is 10.9. The molecule has 3 rings (SSSR count). The molecule has 0 aromatic heterocycles. The molecule has 1 aliphatic heterocycles. The van der Waals surface area contributed by atoms with Crippen LogP contribution in [0, 0.1) is 0 Å². The van der Waals surface area contributed by atoms with E-state index in [4.69, 9.17) is 27.9 Å². The van der Waals surface area contributed by atoms with Crippen molar-refractivity contribution in [1.29, 1.82) is 0 Å². The van der Waals surface area contributed by atoms with Crippen molar-refractivity contribution < 1.29 is 4.74 Å². The number of amidine groups is 1. The number of benzene rings is 2. The highest BCUT2D eigenvalue weighted by Gasteiger charge is 2.30. The van der Waals surface area contributed by atoms with Gasteiger partial charge in [0.05, 0.1) is 23.9 Å². The summed E-state index contributed by atoms with van der Waals surface area (Å²) in [5.41, 5.74) is 1.98. The standard InChI is InChI=1S/C17H17Cl2N3O.ClH/c1-20-17-10-16(11-3-6-13(23-2)7-4-11)22(21-17)15-8-5-12(18)9-14(15)19;/h3-9,16H,10H2,1-2H3,(H,20,21);1H. The average molecular weight is 387 g/mol. The lowest BCUT2D eigenvalue weighted by atomic mass is 10.0. The highest BCUT2D eigenvalue weighted by atomic mass is 35.5. The van der Waals surface area contributed by atoms with E-state index in [-0.39, 0.29) is 18.4 Å². The second-order valence-electron chi connectivity index (χ2n) is 5.23. The lowest BCUT2D eigenvalue weighted by Gasteiger charge is -2.24. The fourth-order valence-corrected chi connectivity index (χ4v) is 3.13. The van der Waals surface area contributed by atoms with Crippen LogP contribution in [-0.2, 0) is 0 Å². The van der Waals surface area contributed by atoms with E-state index in [9.17, 15) is 0 Å². The predicted molar refractivity (Wildman–Crippen MR) is 103 cm³/mol. The summed E-state index contributed by atoms with van der Waals surface area (Å²) in [6, 6.07) is 13.5. The number of ether oxygens (including phenoxy) is 1. The minimum Gasteiger partial charge on any atom is -0.497 e. The molecule has 4 nitrogen and oxygen atoms in total. The van der Waals surface area contributed by atoms with Crippen LogP contribution < -0.4 is 15.1 Å². The van der Waals surface area contributed by atoms with E-state index in [1.165, 1.54) is 0 Å². The molecule has 7 heteroatoms. The third-order valence-electron chi connectivity index (χ3n) is 3.86. The van der Waals surface area contributed by atoms with Gasteiger partial charge < -0.3 is 10.1 Å². The van der Waals surface area contributed by atoms with Crippen LogP contribution in [0.25, 0.3) is 0 Å². The minimum absolute atomic E-state index is 0. The molecule has 0 saturated heterocycles. The molecule has 0 bridgehead atoms. The molecule has 0 spiro atoms. The van der Waals surface area contributed by atoms with Crippen LogP contribution in [0.15, 0.2) is 47.6 Å². The first-order valence-electron chi connectivity index (χ1n) is 7.26. The Hall–Kier alpha value is -1.62. The van der Waals surface area contributed by atoms with Gasteiger partial charge in [0, 0.05) is 18.5 Å². The van der Waals surface area contributed by atoms with Crippen LogP contribution in [0.4, 0.5) is 5.69 Å². The minimum atomic E-state index is 0. The normalized spacial score (nSPS) is 16.4. The zero-order valence-corrected chi connectivity index (χ0v) is 15.6. The molecule has 0 fully saturated rings. The van der Waals surface area contributed by atoms with Crippen molar-refractivity contribution in [2.24, 2.45) is 5.10 Å². The second kappa shape index (κ2) is 7.97. The topological polar surface area (TPSA) is 36.9 Å². The van der Waals surface area contributed by atoms with Crippen LogP contribution in [0.2, 0.25) is 10.0 Å². The Morgan fingerprint density at radius 3 is 2.46 bits per heavy atom. The van der Waals surface area contributed by atoms with Crippen LogP contribution in [-0.4, -0.2) is 20.0 Å². The highest BCUT2D eigenvalue weighted by Crippen LogP contribution is 2.39. The summed E-state index contributed by atoms with van der Waals surface area (Å²) in [7, 11) is 3.53. The smallest absolute Gasteiger partial charge is 0.125 e. The molecular weight excluding hydrogens is 369 g/mol. The quantitative estimate of drug-likeness (QED) is 0.814. The number of rotatable bonds is 3. The molecule has 1 aliphatic rings. The first kappa shape index (κ1) is 18.7. The summed E-state index contributed by atoms with van der Waals surface area (Å²) >= 11 is 12.4. The summed E-state index contributed by atoms with van der Waals surface area (Å²) in [4.78, 5) is 0. The second-order valence-corrected chi connectivity index (χ2v) is 6.07. The number of halogens is 3. The Bertz CT molecular complexity index is 734. The zero-order valence-electron chi connectivity index (χ0n) is 13.3. The first-order valence-corrected chi connectivity index (χ1v) is 8.01. The SMILES string of the molecule is CNC1=NN(c2ccc(Cl)cc2Cl)C(c2ccc(OC)cc2)C1.Cl. The van der Waals surface area contributed by atoms with Gasteiger partial charge in [0.2, 0.25) is 0 Å². The van der Waals surface area contributed by atoms with Gasteiger partial charge in [-0.15, -0.1) is 12.4 Å². The van der Waals surface area contributed by atoms with E-state index in [0.717, 1.165) is 29.3 Å². The van der Waals surface area contributed by atoms with E-state index in [1.54, 1.807) is 13.2 Å². The van der Waals surface area contributed by atoms with Crippen LogP contribution in [0.1, 0.15) is 18.0 Å². The van der Waals surface area contributed by atoms with Gasteiger partial charge in [-0.1, -0.05) is 35.3 Å². The van der Waals surface area contributed by atoms with Gasteiger partial charge in [0.25, 0.3) is 0 Å². The average Bonchev–Trinajstić information content (AvgIpc) is 2.99. The lowest BCUT2D eigenvalue weighted by Crippen LogP contribution is -2.19. The molecule has 2 aromatic rings. The summed E-state index contributed by atoms with van der Waals surface area (Å²) in [5.74, 6) is 1.74. The molecular formula is C17H18Cl3N3O. The van der Waals surface area contributed by atoms with Crippen molar-refractivity contribution in [3.8, 4) is 5.75 Å². The number of anilines is 1. The van der Waals surface area contributed by atoms with Crippen LogP contribution in [0.5, 0.6) is 5.75 Å². The van der Waals surface area contributed by atoms with Gasteiger partial charge in [-0.3, -0.25) is 5.01 Å². The molecule has 24 heavy (non-hydrogen) atoms. The van der Waals surface area contributed by atoms with Gasteiger partial charge in [-0.25, -0.2) is 0 Å². The lowest BCUT2D eigenvalue weighted by molar-refractivity contribution is 0.414. The van der Waals surface area contributed by atoms with Crippen molar-refractivity contribution in [3.63, 3.8) is 0 Å². The third kappa shape index (κ3) is 3.72. The van der Waals surface area contributed by atoms with E-state index < -0.39 is 0 Å². The fraction of sp³-hybridized carbons (Fsp3) is 0.235. The summed E-state index contributed by atoms with van der Waals surface area (Å²) in [6.07, 6.45) is 0.780. The Balaban J connectivity index is 0.00000208. The maximum Gasteiger partial charge on any atom is 0.125 e. The molecule has 2 aromatic carbocycles.